The molecule has 1 amide bonds. The van der Waals surface area contributed by atoms with Crippen LogP contribution in [0.4, 0.5) is 0 Å². The van der Waals surface area contributed by atoms with Crippen molar-refractivity contribution in [3.8, 4) is 23.0 Å². The van der Waals surface area contributed by atoms with E-state index in [1.807, 2.05) is 32.0 Å². The van der Waals surface area contributed by atoms with Crippen LogP contribution in [-0.2, 0) is 0 Å². The lowest BCUT2D eigenvalue weighted by Gasteiger charge is -2.24. The number of carbonyl (C=O) groups excluding carboxylic acids is 1. The lowest BCUT2D eigenvalue weighted by molar-refractivity contribution is 0.0922. The minimum absolute atomic E-state index is 0.163. The van der Waals surface area contributed by atoms with Gasteiger partial charge in [0.15, 0.2) is 11.5 Å². The van der Waals surface area contributed by atoms with Crippen molar-refractivity contribution >= 4 is 5.91 Å². The Morgan fingerprint density at radius 1 is 0.897 bits per heavy atom. The van der Waals surface area contributed by atoms with Gasteiger partial charge in [-0.3, -0.25) is 4.79 Å². The molecule has 2 aromatic rings. The molecule has 0 radical (unpaired) electrons. The van der Waals surface area contributed by atoms with E-state index in [-0.39, 0.29) is 17.9 Å². The summed E-state index contributed by atoms with van der Waals surface area (Å²) in [6.45, 7) is 9.08. The van der Waals surface area contributed by atoms with Crippen molar-refractivity contribution in [2.75, 3.05) is 27.4 Å². The van der Waals surface area contributed by atoms with Gasteiger partial charge >= 0.3 is 0 Å². The Hall–Kier alpha value is -2.89. The normalized spacial score (nSPS) is 11.7. The van der Waals surface area contributed by atoms with Crippen LogP contribution in [0, 0.1) is 5.92 Å². The predicted octanol–water partition coefficient (Wildman–Crippen LogP) is 4.63. The molecule has 0 heterocycles. The molecule has 0 saturated carbocycles. The van der Waals surface area contributed by atoms with Crippen LogP contribution < -0.4 is 24.3 Å². The highest BCUT2D eigenvalue weighted by atomic mass is 16.5. The zero-order valence-electron chi connectivity index (χ0n) is 18.1. The number of methoxy groups -OCH3 is 2. The molecule has 0 aliphatic heterocycles. The molecule has 1 atom stereocenters. The van der Waals surface area contributed by atoms with E-state index >= 15 is 0 Å². The summed E-state index contributed by atoms with van der Waals surface area (Å²) >= 11 is 0. The second-order valence-corrected chi connectivity index (χ2v) is 6.83. The van der Waals surface area contributed by atoms with E-state index in [2.05, 4.69) is 19.2 Å². The summed E-state index contributed by atoms with van der Waals surface area (Å²) in [5, 5.41) is 3.13. The van der Waals surface area contributed by atoms with Crippen LogP contribution in [0.2, 0.25) is 0 Å². The third-order valence-corrected chi connectivity index (χ3v) is 4.53. The first-order chi connectivity index (χ1) is 13.9. The zero-order chi connectivity index (χ0) is 21.4. The summed E-state index contributed by atoms with van der Waals surface area (Å²) in [4.78, 5) is 13.0. The SMILES string of the molecule is CCOc1ccc(C(NC(=O)c2ccc(OC)cc2OC)C(C)C)cc1OCC. The van der Waals surface area contributed by atoms with Crippen LogP contribution in [0.3, 0.4) is 0 Å². The minimum atomic E-state index is -0.213. The Kier molecular flexibility index (Phi) is 8.19. The maximum atomic E-state index is 13.0. The van der Waals surface area contributed by atoms with Gasteiger partial charge in [0.05, 0.1) is 39.0 Å². The highest BCUT2D eigenvalue weighted by Crippen LogP contribution is 2.33. The van der Waals surface area contributed by atoms with Gasteiger partial charge in [-0.2, -0.15) is 0 Å². The van der Waals surface area contributed by atoms with Crippen molar-refractivity contribution in [3.05, 3.63) is 47.5 Å². The number of amides is 1. The first-order valence-corrected chi connectivity index (χ1v) is 9.87. The van der Waals surface area contributed by atoms with Crippen molar-refractivity contribution in [2.45, 2.75) is 33.7 Å². The van der Waals surface area contributed by atoms with Gasteiger partial charge in [-0.05, 0) is 49.6 Å². The fourth-order valence-corrected chi connectivity index (χ4v) is 3.10. The van der Waals surface area contributed by atoms with E-state index < -0.39 is 0 Å². The van der Waals surface area contributed by atoms with Gasteiger partial charge < -0.3 is 24.3 Å². The van der Waals surface area contributed by atoms with Crippen LogP contribution in [0.5, 0.6) is 23.0 Å². The smallest absolute Gasteiger partial charge is 0.255 e. The molecule has 0 bridgehead atoms. The topological polar surface area (TPSA) is 66.0 Å². The Morgan fingerprint density at radius 3 is 2.17 bits per heavy atom. The molecular weight excluding hydrogens is 370 g/mol. The van der Waals surface area contributed by atoms with E-state index in [4.69, 9.17) is 18.9 Å². The summed E-state index contributed by atoms with van der Waals surface area (Å²) in [7, 11) is 3.11. The fourth-order valence-electron chi connectivity index (χ4n) is 3.10. The monoisotopic (exact) mass is 401 g/mol. The average molecular weight is 402 g/mol. The van der Waals surface area contributed by atoms with Gasteiger partial charge in [0.1, 0.15) is 11.5 Å². The molecule has 0 spiro atoms. The molecule has 0 aromatic heterocycles. The molecule has 0 saturated heterocycles. The number of hydrogen-bond acceptors (Lipinski definition) is 5. The van der Waals surface area contributed by atoms with Crippen LogP contribution in [0.25, 0.3) is 0 Å². The van der Waals surface area contributed by atoms with Gasteiger partial charge in [0.2, 0.25) is 0 Å². The highest BCUT2D eigenvalue weighted by Gasteiger charge is 2.23. The number of benzene rings is 2. The van der Waals surface area contributed by atoms with Crippen LogP contribution in [0.15, 0.2) is 36.4 Å². The third kappa shape index (κ3) is 5.56. The van der Waals surface area contributed by atoms with Gasteiger partial charge in [-0.25, -0.2) is 0 Å². The van der Waals surface area contributed by atoms with Gasteiger partial charge in [0.25, 0.3) is 5.91 Å². The number of nitrogens with one attached hydrogen (secondary N) is 1. The van der Waals surface area contributed by atoms with Crippen LogP contribution >= 0.6 is 0 Å². The molecular formula is C23H31NO5. The summed E-state index contributed by atoms with van der Waals surface area (Å²) in [5.41, 5.74) is 1.41. The van der Waals surface area contributed by atoms with E-state index in [1.165, 1.54) is 7.11 Å². The molecule has 0 aliphatic carbocycles. The van der Waals surface area contributed by atoms with Crippen molar-refractivity contribution in [3.63, 3.8) is 0 Å². The molecule has 6 nitrogen and oxygen atoms in total. The lowest BCUT2D eigenvalue weighted by atomic mass is 9.95. The maximum absolute atomic E-state index is 13.0. The Balaban J connectivity index is 2.33. The van der Waals surface area contributed by atoms with Gasteiger partial charge in [-0.1, -0.05) is 19.9 Å². The van der Waals surface area contributed by atoms with Crippen molar-refractivity contribution in [1.82, 2.24) is 5.32 Å². The molecule has 1 N–H and O–H groups in total. The minimum Gasteiger partial charge on any atom is -0.497 e. The van der Waals surface area contributed by atoms with Crippen molar-refractivity contribution in [2.24, 2.45) is 5.92 Å². The number of rotatable bonds is 10. The summed E-state index contributed by atoms with van der Waals surface area (Å²) in [6.07, 6.45) is 0. The Bertz CT molecular complexity index is 819. The lowest BCUT2D eigenvalue weighted by Crippen LogP contribution is -2.32. The molecule has 0 aliphatic rings. The van der Waals surface area contributed by atoms with E-state index in [0.717, 1.165) is 5.56 Å². The standard InChI is InChI=1S/C23H31NO5/c1-7-28-19-12-9-16(13-21(19)29-8-2)22(15(3)4)24-23(25)18-11-10-17(26-5)14-20(18)27-6/h9-15,22H,7-8H2,1-6H3,(H,24,25). The molecule has 0 fully saturated rings. The number of ether oxygens (including phenoxy) is 4. The summed E-state index contributed by atoms with van der Waals surface area (Å²) in [6, 6.07) is 10.7. The number of hydrogen-bond donors (Lipinski definition) is 1. The molecule has 6 heteroatoms. The second-order valence-electron chi connectivity index (χ2n) is 6.83. The van der Waals surface area contributed by atoms with Crippen molar-refractivity contribution in [1.29, 1.82) is 0 Å². The predicted molar refractivity (Wildman–Crippen MR) is 113 cm³/mol. The molecule has 1 unspecified atom stereocenters. The first-order valence-electron chi connectivity index (χ1n) is 9.87. The molecule has 158 valence electrons. The number of carbonyl (C=O) groups is 1. The third-order valence-electron chi connectivity index (χ3n) is 4.53. The quantitative estimate of drug-likeness (QED) is 0.629. The second kappa shape index (κ2) is 10.6. The summed E-state index contributed by atoms with van der Waals surface area (Å²) in [5.74, 6) is 2.42. The summed E-state index contributed by atoms with van der Waals surface area (Å²) < 4.78 is 22.0. The molecule has 2 rings (SSSR count). The Morgan fingerprint density at radius 2 is 1.59 bits per heavy atom. The Labute approximate surface area is 173 Å². The van der Waals surface area contributed by atoms with E-state index in [9.17, 15) is 4.79 Å². The van der Waals surface area contributed by atoms with Crippen LogP contribution in [-0.4, -0.2) is 33.3 Å². The highest BCUT2D eigenvalue weighted by molar-refractivity contribution is 5.97. The largest absolute Gasteiger partial charge is 0.497 e. The van der Waals surface area contributed by atoms with Crippen LogP contribution in [0.1, 0.15) is 49.7 Å². The van der Waals surface area contributed by atoms with Gasteiger partial charge in [0, 0.05) is 6.07 Å². The van der Waals surface area contributed by atoms with E-state index in [0.29, 0.717) is 41.8 Å². The zero-order valence-corrected chi connectivity index (χ0v) is 18.1. The molecule has 2 aromatic carbocycles. The first kappa shape index (κ1) is 22.4. The fraction of sp³-hybridized carbons (Fsp3) is 0.435. The average Bonchev–Trinajstić information content (AvgIpc) is 2.72. The maximum Gasteiger partial charge on any atom is 0.255 e. The van der Waals surface area contributed by atoms with Gasteiger partial charge in [-0.15, -0.1) is 0 Å². The van der Waals surface area contributed by atoms with E-state index in [1.54, 1.807) is 25.3 Å². The molecule has 29 heavy (non-hydrogen) atoms. The van der Waals surface area contributed by atoms with Crippen molar-refractivity contribution < 1.29 is 23.7 Å².